The van der Waals surface area contributed by atoms with Gasteiger partial charge in [0.2, 0.25) is 0 Å². The Hall–Kier alpha value is -1.57. The summed E-state index contributed by atoms with van der Waals surface area (Å²) in [7, 11) is 0. The van der Waals surface area contributed by atoms with Gasteiger partial charge < -0.3 is 25.2 Å². The van der Waals surface area contributed by atoms with Crippen LogP contribution in [-0.4, -0.2) is 54.4 Å². The average Bonchev–Trinajstić information content (AvgIpc) is 3.42. The van der Waals surface area contributed by atoms with Crippen molar-refractivity contribution < 1.29 is 19.4 Å². The predicted octanol–water partition coefficient (Wildman–Crippen LogP) is 4.53. The molecular weight excluding hydrogens is 406 g/mol. The predicted molar refractivity (Wildman–Crippen MR) is 126 cm³/mol. The van der Waals surface area contributed by atoms with Crippen LogP contribution in [0.3, 0.4) is 0 Å². The third-order valence-electron chi connectivity index (χ3n) is 6.52. The minimum atomic E-state index is -0.286. The van der Waals surface area contributed by atoms with Gasteiger partial charge in [0, 0.05) is 30.7 Å². The van der Waals surface area contributed by atoms with Crippen molar-refractivity contribution in [2.24, 2.45) is 0 Å². The number of urea groups is 1. The summed E-state index contributed by atoms with van der Waals surface area (Å²) < 4.78 is 11.4. The molecule has 7 heteroatoms. The number of allylic oxidation sites excluding steroid dienone is 1. The van der Waals surface area contributed by atoms with Crippen LogP contribution in [0.4, 0.5) is 4.79 Å². The van der Waals surface area contributed by atoms with Crippen molar-refractivity contribution in [2.75, 3.05) is 19.8 Å². The number of nitrogens with one attached hydrogen (secondary N) is 2. The van der Waals surface area contributed by atoms with E-state index in [1.165, 1.54) is 69.9 Å². The smallest absolute Gasteiger partial charge is 0.325 e. The van der Waals surface area contributed by atoms with Gasteiger partial charge in [-0.05, 0) is 44.6 Å². The molecule has 2 amide bonds. The summed E-state index contributed by atoms with van der Waals surface area (Å²) in [6.07, 6.45) is 18.5. The van der Waals surface area contributed by atoms with E-state index in [0.717, 1.165) is 38.0 Å². The minimum absolute atomic E-state index is 0.00427. The van der Waals surface area contributed by atoms with Crippen molar-refractivity contribution >= 4 is 6.03 Å². The first kappa shape index (κ1) is 25.1. The lowest BCUT2D eigenvalue weighted by Gasteiger charge is -2.32. The van der Waals surface area contributed by atoms with Crippen molar-refractivity contribution in [3.63, 3.8) is 0 Å². The maximum absolute atomic E-state index is 12.5. The fraction of sp³-hybridized carbons (Fsp3) is 0.800. The second-order valence-electron chi connectivity index (χ2n) is 9.25. The molecule has 3 rings (SSSR count). The summed E-state index contributed by atoms with van der Waals surface area (Å²) in [4.78, 5) is 14.1. The van der Waals surface area contributed by atoms with E-state index in [9.17, 15) is 9.90 Å². The number of aliphatic hydroxyl groups excluding tert-OH is 1. The van der Waals surface area contributed by atoms with Crippen LogP contribution in [0.15, 0.2) is 23.5 Å². The molecular formula is C25H43N3O4. The lowest BCUT2D eigenvalue weighted by Crippen LogP contribution is -2.54. The monoisotopic (exact) mass is 449 g/mol. The van der Waals surface area contributed by atoms with Gasteiger partial charge in [-0.3, -0.25) is 4.90 Å². The molecule has 0 radical (unpaired) electrons. The molecule has 3 aliphatic rings. The number of aliphatic hydroxyl groups is 1. The summed E-state index contributed by atoms with van der Waals surface area (Å²) >= 11 is 0. The van der Waals surface area contributed by atoms with Gasteiger partial charge in [-0.1, -0.05) is 51.9 Å². The molecule has 3 atom stereocenters. The van der Waals surface area contributed by atoms with Crippen molar-refractivity contribution in [3.8, 4) is 0 Å². The summed E-state index contributed by atoms with van der Waals surface area (Å²) in [5.41, 5.74) is 2.27. The summed E-state index contributed by atoms with van der Waals surface area (Å²) in [5.74, 6) is 0. The van der Waals surface area contributed by atoms with E-state index in [2.05, 4.69) is 23.6 Å². The van der Waals surface area contributed by atoms with Gasteiger partial charge in [-0.2, -0.15) is 0 Å². The molecule has 32 heavy (non-hydrogen) atoms. The standard InChI is InChI=1S/C25H43N3O4/c1-2-3-10-15-31-16-11-8-6-4-5-7-9-12-21-17-20-18-28(25(30)27-24(20)26-21)23-14-13-22(19-29)32-23/h17-18,22-24,26,29H,2-16,19H2,1H3,(H,27,30)/t22-,23+,24?/m1/s1. The summed E-state index contributed by atoms with van der Waals surface area (Å²) in [6.45, 7) is 4.07. The normalized spacial score (nSPS) is 24.8. The SMILES string of the molecule is CCCCCOCCCCCCCCCC1=CC2=CN([C@@H]3CC[C@H](CO)O3)C(=O)NC2N1. The maximum Gasteiger partial charge on any atom is 0.325 e. The van der Waals surface area contributed by atoms with E-state index in [4.69, 9.17) is 9.47 Å². The number of carbonyl (C=O) groups is 1. The van der Waals surface area contributed by atoms with Gasteiger partial charge in [0.1, 0.15) is 12.4 Å². The van der Waals surface area contributed by atoms with Crippen molar-refractivity contribution in [1.29, 1.82) is 0 Å². The Morgan fingerprint density at radius 3 is 2.47 bits per heavy atom. The summed E-state index contributed by atoms with van der Waals surface area (Å²) in [5, 5.41) is 15.7. The van der Waals surface area contributed by atoms with Gasteiger partial charge in [0.15, 0.2) is 0 Å². The van der Waals surface area contributed by atoms with E-state index >= 15 is 0 Å². The van der Waals surface area contributed by atoms with Crippen molar-refractivity contribution in [1.82, 2.24) is 15.5 Å². The molecule has 0 saturated carbocycles. The molecule has 1 unspecified atom stereocenters. The highest BCUT2D eigenvalue weighted by molar-refractivity contribution is 5.78. The van der Waals surface area contributed by atoms with Crippen LogP contribution in [-0.2, 0) is 9.47 Å². The van der Waals surface area contributed by atoms with Crippen LogP contribution >= 0.6 is 0 Å². The second kappa shape index (κ2) is 13.9. The molecule has 3 aliphatic heterocycles. The molecule has 1 fully saturated rings. The molecule has 0 spiro atoms. The molecule has 0 aromatic carbocycles. The van der Waals surface area contributed by atoms with Gasteiger partial charge in [-0.25, -0.2) is 4.79 Å². The fourth-order valence-electron chi connectivity index (χ4n) is 4.59. The van der Waals surface area contributed by atoms with Crippen molar-refractivity contribution in [2.45, 2.75) is 109 Å². The van der Waals surface area contributed by atoms with E-state index in [-0.39, 0.29) is 31.1 Å². The lowest BCUT2D eigenvalue weighted by atomic mass is 10.1. The second-order valence-corrected chi connectivity index (χ2v) is 9.25. The largest absolute Gasteiger partial charge is 0.394 e. The first-order chi connectivity index (χ1) is 15.7. The van der Waals surface area contributed by atoms with Gasteiger partial charge in [0.05, 0.1) is 12.7 Å². The molecule has 0 aromatic heterocycles. The van der Waals surface area contributed by atoms with E-state index in [1.807, 2.05) is 6.20 Å². The van der Waals surface area contributed by atoms with Crippen LogP contribution in [0, 0.1) is 0 Å². The average molecular weight is 450 g/mol. The molecule has 1 saturated heterocycles. The first-order valence-electron chi connectivity index (χ1n) is 12.8. The molecule has 7 nitrogen and oxygen atoms in total. The van der Waals surface area contributed by atoms with E-state index < -0.39 is 0 Å². The van der Waals surface area contributed by atoms with Crippen LogP contribution in [0.25, 0.3) is 0 Å². The number of amides is 2. The third kappa shape index (κ3) is 7.78. The van der Waals surface area contributed by atoms with Crippen molar-refractivity contribution in [3.05, 3.63) is 23.5 Å². The van der Waals surface area contributed by atoms with Gasteiger partial charge in [-0.15, -0.1) is 0 Å². The molecule has 3 heterocycles. The van der Waals surface area contributed by atoms with Crippen LogP contribution in [0.1, 0.15) is 90.4 Å². The number of hydrogen-bond acceptors (Lipinski definition) is 5. The highest BCUT2D eigenvalue weighted by Gasteiger charge is 2.37. The zero-order valence-electron chi connectivity index (χ0n) is 19.8. The Labute approximate surface area is 193 Å². The first-order valence-corrected chi connectivity index (χ1v) is 12.8. The number of hydrogen-bond donors (Lipinski definition) is 3. The minimum Gasteiger partial charge on any atom is -0.394 e. The zero-order valence-corrected chi connectivity index (χ0v) is 19.8. The topological polar surface area (TPSA) is 83.1 Å². The number of rotatable bonds is 16. The molecule has 182 valence electrons. The summed E-state index contributed by atoms with van der Waals surface area (Å²) in [6, 6.07) is -0.143. The molecule has 0 aliphatic carbocycles. The zero-order chi connectivity index (χ0) is 22.6. The Kier molecular flexibility index (Phi) is 10.9. The lowest BCUT2D eigenvalue weighted by molar-refractivity contribution is -0.0376. The number of ether oxygens (including phenoxy) is 2. The van der Waals surface area contributed by atoms with Crippen LogP contribution < -0.4 is 10.6 Å². The third-order valence-corrected chi connectivity index (χ3v) is 6.52. The van der Waals surface area contributed by atoms with Crippen LogP contribution in [0.2, 0.25) is 0 Å². The molecule has 0 bridgehead atoms. The van der Waals surface area contributed by atoms with E-state index in [1.54, 1.807) is 4.90 Å². The van der Waals surface area contributed by atoms with Gasteiger partial charge in [0.25, 0.3) is 0 Å². The quantitative estimate of drug-likeness (QED) is 0.302. The highest BCUT2D eigenvalue weighted by atomic mass is 16.5. The number of fused-ring (bicyclic) bond motifs is 1. The Balaban J connectivity index is 1.25. The maximum atomic E-state index is 12.5. The van der Waals surface area contributed by atoms with Crippen LogP contribution in [0.5, 0.6) is 0 Å². The molecule has 3 N–H and O–H groups in total. The fourth-order valence-corrected chi connectivity index (χ4v) is 4.59. The number of carbonyl (C=O) groups excluding carboxylic acids is 1. The molecule has 0 aromatic rings. The Morgan fingerprint density at radius 2 is 1.75 bits per heavy atom. The van der Waals surface area contributed by atoms with E-state index in [0.29, 0.717) is 0 Å². The number of nitrogens with zero attached hydrogens (tertiary/aromatic N) is 1. The Morgan fingerprint density at radius 1 is 1.03 bits per heavy atom. The van der Waals surface area contributed by atoms with Gasteiger partial charge >= 0.3 is 6.03 Å². The number of unbranched alkanes of at least 4 members (excludes halogenated alkanes) is 8. The Bertz CT molecular complexity index is 637. The highest BCUT2D eigenvalue weighted by Crippen LogP contribution is 2.28.